The lowest BCUT2D eigenvalue weighted by Gasteiger charge is -2.39. The lowest BCUT2D eigenvalue weighted by atomic mass is 9.66. The molecule has 0 aromatic rings. The van der Waals surface area contributed by atoms with Gasteiger partial charge in [-0.05, 0) is 68.3 Å². The van der Waals surface area contributed by atoms with Gasteiger partial charge in [0.25, 0.3) is 0 Å². The summed E-state index contributed by atoms with van der Waals surface area (Å²) >= 11 is 0. The van der Waals surface area contributed by atoms with Gasteiger partial charge >= 0.3 is 0 Å². The normalized spacial score (nSPS) is 40.0. The predicted octanol–water partition coefficient (Wildman–Crippen LogP) is 5.32. The molecule has 1 nitrogen and oxygen atoms in total. The Morgan fingerprint density at radius 1 is 1.29 bits per heavy atom. The largest absolute Gasteiger partial charge is 0.295 e. The van der Waals surface area contributed by atoms with Gasteiger partial charge in [-0.15, -0.1) is 0 Å². The van der Waals surface area contributed by atoms with Crippen molar-refractivity contribution >= 4 is 5.78 Å². The summed E-state index contributed by atoms with van der Waals surface area (Å²) in [4.78, 5) is 12.2. The van der Waals surface area contributed by atoms with Crippen LogP contribution in [0.2, 0.25) is 0 Å². The van der Waals surface area contributed by atoms with Crippen LogP contribution in [-0.2, 0) is 4.79 Å². The first-order valence-electron chi connectivity index (χ1n) is 8.73. The lowest BCUT2D eigenvalue weighted by Crippen LogP contribution is -2.30. The zero-order valence-electron chi connectivity index (χ0n) is 14.3. The summed E-state index contributed by atoms with van der Waals surface area (Å²) in [5, 5.41) is 0. The zero-order chi connectivity index (χ0) is 15.4. The van der Waals surface area contributed by atoms with Crippen molar-refractivity contribution in [2.24, 2.45) is 29.1 Å². The Bertz CT molecular complexity index is 522. The van der Waals surface area contributed by atoms with Crippen LogP contribution in [0.4, 0.5) is 0 Å². The standard InChI is InChI=1S/C20H30O/c1-12(2)15-8-9-20(5)11-17-14(4)19(21)10-16(17)13(3)6-7-18(15)20/h6,12,15-16,18H,7-11H2,1-5H3/t15-,16-,18+,20-/m0/s1. The molecule has 116 valence electrons. The van der Waals surface area contributed by atoms with Crippen LogP contribution in [-0.4, -0.2) is 5.78 Å². The van der Waals surface area contributed by atoms with E-state index < -0.39 is 0 Å². The molecule has 0 N–H and O–H groups in total. The van der Waals surface area contributed by atoms with Crippen LogP contribution >= 0.6 is 0 Å². The third kappa shape index (κ3) is 2.33. The number of hydrogen-bond donors (Lipinski definition) is 0. The van der Waals surface area contributed by atoms with Crippen LogP contribution in [0, 0.1) is 29.1 Å². The number of hydrogen-bond acceptors (Lipinski definition) is 1. The Morgan fingerprint density at radius 2 is 2.00 bits per heavy atom. The Labute approximate surface area is 129 Å². The molecule has 3 aliphatic carbocycles. The molecular formula is C20H30O. The molecule has 3 rings (SSSR count). The fourth-order valence-corrected chi connectivity index (χ4v) is 5.36. The van der Waals surface area contributed by atoms with E-state index in [9.17, 15) is 4.79 Å². The van der Waals surface area contributed by atoms with Crippen molar-refractivity contribution in [1.82, 2.24) is 0 Å². The van der Waals surface area contributed by atoms with E-state index in [0.29, 0.717) is 17.1 Å². The fraction of sp³-hybridized carbons (Fsp3) is 0.750. The fourth-order valence-electron chi connectivity index (χ4n) is 5.36. The summed E-state index contributed by atoms with van der Waals surface area (Å²) in [7, 11) is 0. The molecule has 1 saturated carbocycles. The minimum Gasteiger partial charge on any atom is -0.295 e. The number of Topliss-reactive ketones (excluding diaryl/α,β-unsaturated/α-hetero) is 1. The minimum absolute atomic E-state index is 0.392. The van der Waals surface area contributed by atoms with E-state index in [1.165, 1.54) is 30.4 Å². The molecule has 0 aromatic carbocycles. The van der Waals surface area contributed by atoms with E-state index in [1.807, 2.05) is 0 Å². The molecule has 0 heterocycles. The van der Waals surface area contributed by atoms with Crippen molar-refractivity contribution in [2.45, 2.75) is 66.7 Å². The molecule has 0 aliphatic heterocycles. The summed E-state index contributed by atoms with van der Waals surface area (Å²) in [5.41, 5.74) is 4.42. The monoisotopic (exact) mass is 286 g/mol. The Balaban J connectivity index is 2.01. The minimum atomic E-state index is 0.392. The highest BCUT2D eigenvalue weighted by Crippen LogP contribution is 2.57. The van der Waals surface area contributed by atoms with Crippen molar-refractivity contribution in [2.75, 3.05) is 0 Å². The van der Waals surface area contributed by atoms with Crippen LogP contribution in [0.25, 0.3) is 0 Å². The molecule has 0 saturated heterocycles. The highest BCUT2D eigenvalue weighted by molar-refractivity contribution is 5.99. The van der Waals surface area contributed by atoms with Gasteiger partial charge in [0.05, 0.1) is 0 Å². The van der Waals surface area contributed by atoms with E-state index in [0.717, 1.165) is 36.2 Å². The molecular weight excluding hydrogens is 256 g/mol. The molecule has 21 heavy (non-hydrogen) atoms. The number of fused-ring (bicyclic) bond motifs is 2. The second-order valence-electron chi connectivity index (χ2n) is 8.40. The number of carbonyl (C=O) groups excluding carboxylic acids is 1. The van der Waals surface area contributed by atoms with Gasteiger partial charge < -0.3 is 0 Å². The molecule has 0 spiro atoms. The summed E-state index contributed by atoms with van der Waals surface area (Å²) in [5.74, 6) is 3.25. The Kier molecular flexibility index (Phi) is 3.66. The van der Waals surface area contributed by atoms with Gasteiger partial charge in [-0.2, -0.15) is 0 Å². The third-order valence-corrected chi connectivity index (χ3v) is 6.86. The number of ketones is 1. The van der Waals surface area contributed by atoms with E-state index >= 15 is 0 Å². The molecule has 0 aromatic heterocycles. The third-order valence-electron chi connectivity index (χ3n) is 6.86. The number of carbonyl (C=O) groups is 1. The van der Waals surface area contributed by atoms with Crippen molar-refractivity contribution < 1.29 is 4.79 Å². The van der Waals surface area contributed by atoms with Crippen molar-refractivity contribution in [3.05, 3.63) is 22.8 Å². The van der Waals surface area contributed by atoms with E-state index in [2.05, 4.69) is 40.7 Å². The Hall–Kier alpha value is -0.850. The molecule has 3 aliphatic rings. The van der Waals surface area contributed by atoms with Crippen LogP contribution in [0.1, 0.15) is 66.7 Å². The molecule has 1 heteroatoms. The van der Waals surface area contributed by atoms with Crippen molar-refractivity contribution in [3.8, 4) is 0 Å². The van der Waals surface area contributed by atoms with Gasteiger partial charge in [0.15, 0.2) is 5.78 Å². The van der Waals surface area contributed by atoms with Crippen LogP contribution in [0.15, 0.2) is 22.8 Å². The first kappa shape index (κ1) is 15.1. The topological polar surface area (TPSA) is 17.1 Å². The maximum Gasteiger partial charge on any atom is 0.159 e. The van der Waals surface area contributed by atoms with Crippen LogP contribution in [0.3, 0.4) is 0 Å². The second kappa shape index (κ2) is 5.11. The van der Waals surface area contributed by atoms with Gasteiger partial charge in [0.1, 0.15) is 0 Å². The van der Waals surface area contributed by atoms with E-state index in [4.69, 9.17) is 0 Å². The molecule has 0 amide bonds. The van der Waals surface area contributed by atoms with Crippen molar-refractivity contribution in [3.63, 3.8) is 0 Å². The van der Waals surface area contributed by atoms with Gasteiger partial charge in [0, 0.05) is 12.3 Å². The highest BCUT2D eigenvalue weighted by Gasteiger charge is 2.48. The van der Waals surface area contributed by atoms with E-state index in [-0.39, 0.29) is 0 Å². The molecule has 0 unspecified atom stereocenters. The SMILES string of the molecule is CC1=CC[C@@H]2[C@H](C(C)C)CC[C@@]2(C)CC2=C(C)C(=O)C[C@@H]12. The predicted molar refractivity (Wildman–Crippen MR) is 88.0 cm³/mol. The average Bonchev–Trinajstić information content (AvgIpc) is 2.87. The number of rotatable bonds is 1. The van der Waals surface area contributed by atoms with Crippen molar-refractivity contribution in [1.29, 1.82) is 0 Å². The van der Waals surface area contributed by atoms with Gasteiger partial charge in [-0.1, -0.05) is 38.0 Å². The summed E-state index contributed by atoms with van der Waals surface area (Å²) in [6, 6.07) is 0. The van der Waals surface area contributed by atoms with Gasteiger partial charge in [-0.25, -0.2) is 0 Å². The quantitative estimate of drug-likeness (QED) is 0.596. The first-order chi connectivity index (χ1) is 9.83. The van der Waals surface area contributed by atoms with Crippen LogP contribution < -0.4 is 0 Å². The van der Waals surface area contributed by atoms with Gasteiger partial charge in [0.2, 0.25) is 0 Å². The maximum atomic E-state index is 12.2. The molecule has 0 radical (unpaired) electrons. The van der Waals surface area contributed by atoms with Gasteiger partial charge in [-0.3, -0.25) is 4.79 Å². The average molecular weight is 286 g/mol. The summed E-state index contributed by atoms with van der Waals surface area (Å²) in [6.45, 7) is 11.6. The first-order valence-corrected chi connectivity index (χ1v) is 8.73. The summed E-state index contributed by atoms with van der Waals surface area (Å²) < 4.78 is 0. The lowest BCUT2D eigenvalue weighted by molar-refractivity contribution is -0.115. The maximum absolute atomic E-state index is 12.2. The van der Waals surface area contributed by atoms with Crippen LogP contribution in [0.5, 0.6) is 0 Å². The number of allylic oxidation sites excluding steroid dienone is 4. The highest BCUT2D eigenvalue weighted by atomic mass is 16.1. The summed E-state index contributed by atoms with van der Waals surface area (Å²) in [6.07, 6.45) is 8.30. The second-order valence-corrected chi connectivity index (χ2v) is 8.40. The molecule has 4 atom stereocenters. The zero-order valence-corrected chi connectivity index (χ0v) is 14.3. The van der Waals surface area contributed by atoms with E-state index in [1.54, 1.807) is 0 Å². The molecule has 0 bridgehead atoms. The molecule has 1 fully saturated rings. The Morgan fingerprint density at radius 3 is 2.67 bits per heavy atom. The smallest absolute Gasteiger partial charge is 0.159 e.